The summed E-state index contributed by atoms with van der Waals surface area (Å²) >= 11 is 0. The number of hydrogen-bond acceptors (Lipinski definition) is 7. The molecule has 0 spiro atoms. The van der Waals surface area contributed by atoms with E-state index in [4.69, 9.17) is 5.73 Å². The Morgan fingerprint density at radius 1 is 1.00 bits per heavy atom. The monoisotopic (exact) mass is 446 g/mol. The Morgan fingerprint density at radius 2 is 1.69 bits per heavy atom. The van der Waals surface area contributed by atoms with Gasteiger partial charge in [0.1, 0.15) is 11.6 Å². The van der Waals surface area contributed by atoms with Crippen molar-refractivity contribution in [1.29, 1.82) is 0 Å². The largest absolute Gasteiger partial charge is 0.573 e. The Balaban J connectivity index is 1.66. The predicted octanol–water partition coefficient (Wildman–Crippen LogP) is 4.34. The molecule has 3 aromatic rings. The first-order chi connectivity index (χ1) is 15.1. The van der Waals surface area contributed by atoms with E-state index in [-0.39, 0.29) is 17.2 Å². The Bertz CT molecular complexity index is 1120. The minimum Gasteiger partial charge on any atom is -0.465 e. The number of pyridine rings is 1. The summed E-state index contributed by atoms with van der Waals surface area (Å²) < 4.78 is 45.7. The summed E-state index contributed by atoms with van der Waals surface area (Å²) in [6.07, 6.45) is -3.46. The Labute approximate surface area is 180 Å². The Morgan fingerprint density at radius 3 is 2.28 bits per heavy atom. The van der Waals surface area contributed by atoms with Gasteiger partial charge in [0.05, 0.1) is 35.9 Å². The molecule has 0 aliphatic carbocycles. The number of amides is 1. The molecular weight excluding hydrogens is 429 g/mol. The molecular formula is C21H17F3N4O4. The normalized spacial score (nSPS) is 10.9. The highest BCUT2D eigenvalue weighted by Gasteiger charge is 2.31. The average molecular weight is 446 g/mol. The van der Waals surface area contributed by atoms with Crippen molar-refractivity contribution in [3.05, 3.63) is 71.9 Å². The van der Waals surface area contributed by atoms with Gasteiger partial charge in [-0.25, -0.2) is 9.78 Å². The van der Waals surface area contributed by atoms with E-state index in [1.165, 1.54) is 49.7 Å². The van der Waals surface area contributed by atoms with E-state index in [0.29, 0.717) is 16.8 Å². The number of carbonyl (C=O) groups is 2. The second-order valence-electron chi connectivity index (χ2n) is 6.38. The molecule has 0 saturated carbocycles. The first-order valence-corrected chi connectivity index (χ1v) is 9.03. The number of nitrogens with zero attached hydrogens (tertiary/aromatic N) is 1. The van der Waals surface area contributed by atoms with E-state index in [1.54, 1.807) is 6.07 Å². The fourth-order valence-electron chi connectivity index (χ4n) is 2.60. The number of nitrogens with two attached hydrogens (primary N) is 1. The van der Waals surface area contributed by atoms with Gasteiger partial charge in [-0.1, -0.05) is 0 Å². The lowest BCUT2D eigenvalue weighted by Crippen LogP contribution is -2.17. The van der Waals surface area contributed by atoms with E-state index in [0.717, 1.165) is 12.1 Å². The van der Waals surface area contributed by atoms with Crippen LogP contribution in [-0.2, 0) is 4.74 Å². The molecule has 3 rings (SSSR count). The highest BCUT2D eigenvalue weighted by atomic mass is 19.4. The van der Waals surface area contributed by atoms with Gasteiger partial charge in [0.25, 0.3) is 5.91 Å². The molecule has 0 fully saturated rings. The van der Waals surface area contributed by atoms with Crippen molar-refractivity contribution in [1.82, 2.24) is 4.98 Å². The molecule has 4 N–H and O–H groups in total. The van der Waals surface area contributed by atoms with Crippen LogP contribution in [-0.4, -0.2) is 30.3 Å². The number of anilines is 4. The molecule has 11 heteroatoms. The number of methoxy groups -OCH3 is 1. The van der Waals surface area contributed by atoms with Crippen LogP contribution in [0.15, 0.2) is 60.8 Å². The number of ether oxygens (including phenoxy) is 2. The maximum atomic E-state index is 12.4. The zero-order valence-corrected chi connectivity index (χ0v) is 16.6. The van der Waals surface area contributed by atoms with Crippen LogP contribution >= 0.6 is 0 Å². The van der Waals surface area contributed by atoms with Gasteiger partial charge in [-0.05, 0) is 48.5 Å². The molecule has 0 unspecified atom stereocenters. The first kappa shape index (κ1) is 22.4. The molecule has 166 valence electrons. The maximum Gasteiger partial charge on any atom is 0.573 e. The molecule has 32 heavy (non-hydrogen) atoms. The number of benzene rings is 2. The number of hydrogen-bond donors (Lipinski definition) is 3. The lowest BCUT2D eigenvalue weighted by molar-refractivity contribution is -0.274. The number of alkyl halides is 3. The second-order valence-corrected chi connectivity index (χ2v) is 6.38. The van der Waals surface area contributed by atoms with Crippen LogP contribution in [0.2, 0.25) is 0 Å². The van der Waals surface area contributed by atoms with Gasteiger partial charge in [0.2, 0.25) is 0 Å². The maximum absolute atomic E-state index is 12.4. The van der Waals surface area contributed by atoms with Gasteiger partial charge < -0.3 is 25.8 Å². The summed E-state index contributed by atoms with van der Waals surface area (Å²) in [6.45, 7) is 0. The van der Waals surface area contributed by atoms with Crippen LogP contribution in [0.4, 0.5) is 36.1 Å². The second kappa shape index (κ2) is 9.25. The number of carbonyl (C=O) groups excluding carboxylic acids is 2. The lowest BCUT2D eigenvalue weighted by atomic mass is 10.1. The highest BCUT2D eigenvalue weighted by Crippen LogP contribution is 2.31. The zero-order chi connectivity index (χ0) is 23.3. The van der Waals surface area contributed by atoms with Gasteiger partial charge in [0.15, 0.2) is 0 Å². The van der Waals surface area contributed by atoms with Crippen molar-refractivity contribution in [2.75, 3.05) is 23.5 Å². The zero-order valence-electron chi connectivity index (χ0n) is 16.6. The minimum atomic E-state index is -4.82. The van der Waals surface area contributed by atoms with E-state index < -0.39 is 24.0 Å². The lowest BCUT2D eigenvalue weighted by Gasteiger charge is -2.13. The number of esters is 1. The smallest absolute Gasteiger partial charge is 0.465 e. The summed E-state index contributed by atoms with van der Waals surface area (Å²) in [6, 6.07) is 12.4. The SMILES string of the molecule is COC(=O)c1ccc(C(=O)Nc2ccc(Nc3cc(OC(F)(F)F)ccc3N)cn2)cc1. The molecule has 1 heterocycles. The van der Waals surface area contributed by atoms with Gasteiger partial charge in [0, 0.05) is 11.6 Å². The van der Waals surface area contributed by atoms with Crippen molar-refractivity contribution in [2.45, 2.75) is 6.36 Å². The van der Waals surface area contributed by atoms with Crippen LogP contribution in [0.25, 0.3) is 0 Å². The Kier molecular flexibility index (Phi) is 6.47. The van der Waals surface area contributed by atoms with Crippen LogP contribution in [0.1, 0.15) is 20.7 Å². The van der Waals surface area contributed by atoms with Crippen LogP contribution in [0.5, 0.6) is 5.75 Å². The van der Waals surface area contributed by atoms with Gasteiger partial charge >= 0.3 is 12.3 Å². The number of halogens is 3. The number of rotatable bonds is 6. The van der Waals surface area contributed by atoms with Crippen LogP contribution in [0, 0.1) is 0 Å². The van der Waals surface area contributed by atoms with E-state index in [9.17, 15) is 22.8 Å². The third-order valence-electron chi connectivity index (χ3n) is 4.11. The van der Waals surface area contributed by atoms with E-state index >= 15 is 0 Å². The van der Waals surface area contributed by atoms with Crippen molar-refractivity contribution >= 4 is 34.8 Å². The fourth-order valence-corrected chi connectivity index (χ4v) is 2.60. The van der Waals surface area contributed by atoms with Crippen molar-refractivity contribution < 1.29 is 32.2 Å². The third kappa shape index (κ3) is 5.88. The summed E-state index contributed by atoms with van der Waals surface area (Å²) in [4.78, 5) is 27.9. The van der Waals surface area contributed by atoms with Crippen molar-refractivity contribution in [3.63, 3.8) is 0 Å². The fraction of sp³-hybridized carbons (Fsp3) is 0.0952. The van der Waals surface area contributed by atoms with Gasteiger partial charge in [-0.15, -0.1) is 13.2 Å². The average Bonchev–Trinajstić information content (AvgIpc) is 2.76. The van der Waals surface area contributed by atoms with E-state index in [1.807, 2.05) is 0 Å². The number of nitrogen functional groups attached to an aromatic ring is 1. The van der Waals surface area contributed by atoms with Crippen molar-refractivity contribution in [3.8, 4) is 5.75 Å². The quantitative estimate of drug-likeness (QED) is 0.381. The highest BCUT2D eigenvalue weighted by molar-refractivity contribution is 6.04. The van der Waals surface area contributed by atoms with Crippen LogP contribution < -0.4 is 21.1 Å². The van der Waals surface area contributed by atoms with Crippen LogP contribution in [0.3, 0.4) is 0 Å². The topological polar surface area (TPSA) is 116 Å². The molecule has 0 saturated heterocycles. The van der Waals surface area contributed by atoms with Gasteiger partial charge in [-0.3, -0.25) is 4.79 Å². The number of nitrogens with one attached hydrogen (secondary N) is 2. The van der Waals surface area contributed by atoms with Gasteiger partial charge in [-0.2, -0.15) is 0 Å². The van der Waals surface area contributed by atoms with E-state index in [2.05, 4.69) is 25.1 Å². The van der Waals surface area contributed by atoms with Crippen molar-refractivity contribution in [2.24, 2.45) is 0 Å². The summed E-state index contributed by atoms with van der Waals surface area (Å²) in [5.74, 6) is -1.15. The molecule has 2 aromatic carbocycles. The molecule has 0 bridgehead atoms. The molecule has 0 atom stereocenters. The minimum absolute atomic E-state index is 0.191. The summed E-state index contributed by atoms with van der Waals surface area (Å²) in [7, 11) is 1.26. The predicted molar refractivity (Wildman–Crippen MR) is 111 cm³/mol. The third-order valence-corrected chi connectivity index (χ3v) is 4.11. The summed E-state index contributed by atoms with van der Waals surface area (Å²) in [5, 5.41) is 5.44. The summed E-state index contributed by atoms with van der Waals surface area (Å²) in [5.41, 5.74) is 7.21. The molecule has 8 nitrogen and oxygen atoms in total. The standard InChI is InChI=1S/C21H17F3N4O4/c1-31-20(30)13-4-2-12(3-5-13)19(29)28-18-9-6-14(11-26-18)27-17-10-15(7-8-16(17)25)32-21(22,23)24/h2-11,27H,25H2,1H3,(H,26,28,29). The molecule has 1 aromatic heterocycles. The molecule has 0 radical (unpaired) electrons. The molecule has 1 amide bonds. The Hall–Kier alpha value is -4.28. The molecule has 0 aliphatic rings. The first-order valence-electron chi connectivity index (χ1n) is 9.03. The number of aromatic nitrogens is 1. The molecule has 0 aliphatic heterocycles.